The minimum absolute atomic E-state index is 0.0959. The molecule has 4 aliphatic carbocycles. The van der Waals surface area contributed by atoms with Crippen LogP contribution in [0.15, 0.2) is 0 Å². The monoisotopic (exact) mass is 406 g/mol. The van der Waals surface area contributed by atoms with Gasteiger partial charge in [-0.3, -0.25) is 4.79 Å². The van der Waals surface area contributed by atoms with Crippen LogP contribution in [0, 0.1) is 46.3 Å². The number of hydrogen-bond acceptors (Lipinski definition) is 4. The number of aliphatic hydroxyl groups excluding tert-OH is 2. The highest BCUT2D eigenvalue weighted by molar-refractivity contribution is 5.69. The van der Waals surface area contributed by atoms with E-state index in [0.717, 1.165) is 32.1 Å². The molecule has 4 nitrogen and oxygen atoms in total. The summed E-state index contributed by atoms with van der Waals surface area (Å²) in [6.45, 7) is 7.29. The van der Waals surface area contributed by atoms with Crippen molar-refractivity contribution in [1.29, 1.82) is 0 Å². The number of carbonyl (C=O) groups is 1. The maximum absolute atomic E-state index is 11.6. The van der Waals surface area contributed by atoms with Gasteiger partial charge in [0.2, 0.25) is 0 Å². The van der Waals surface area contributed by atoms with Crippen LogP contribution in [0.4, 0.5) is 0 Å². The first-order chi connectivity index (χ1) is 13.7. The van der Waals surface area contributed by atoms with Gasteiger partial charge in [0.05, 0.1) is 19.3 Å². The second-order valence-electron chi connectivity index (χ2n) is 11.5. The van der Waals surface area contributed by atoms with Gasteiger partial charge in [-0.2, -0.15) is 0 Å². The summed E-state index contributed by atoms with van der Waals surface area (Å²) < 4.78 is 4.86. The van der Waals surface area contributed by atoms with Crippen molar-refractivity contribution in [2.45, 2.75) is 97.2 Å². The van der Waals surface area contributed by atoms with Crippen LogP contribution in [0.25, 0.3) is 0 Å². The summed E-state index contributed by atoms with van der Waals surface area (Å²) in [6, 6.07) is 0. The molecule has 166 valence electrons. The van der Waals surface area contributed by atoms with E-state index in [9.17, 15) is 15.0 Å². The summed E-state index contributed by atoms with van der Waals surface area (Å²) in [5.41, 5.74) is 0.577. The van der Waals surface area contributed by atoms with Crippen molar-refractivity contribution in [3.63, 3.8) is 0 Å². The molecular formula is C25H42O4. The molecule has 0 radical (unpaired) electrons. The van der Waals surface area contributed by atoms with Crippen LogP contribution < -0.4 is 0 Å². The molecule has 0 saturated heterocycles. The number of ether oxygens (including phenoxy) is 1. The summed E-state index contributed by atoms with van der Waals surface area (Å²) >= 11 is 0. The average molecular weight is 407 g/mol. The fourth-order valence-electron chi connectivity index (χ4n) is 8.82. The lowest BCUT2D eigenvalue weighted by Gasteiger charge is -2.62. The molecule has 0 heterocycles. The van der Waals surface area contributed by atoms with Gasteiger partial charge in [-0.1, -0.05) is 20.8 Å². The number of fused-ring (bicyclic) bond motifs is 5. The Hall–Kier alpha value is -0.610. The summed E-state index contributed by atoms with van der Waals surface area (Å²) in [7, 11) is 1.48. The molecule has 0 aromatic rings. The predicted octanol–water partition coefficient (Wildman–Crippen LogP) is 4.57. The Balaban J connectivity index is 1.53. The Kier molecular flexibility index (Phi) is 5.83. The number of hydrogen-bond donors (Lipinski definition) is 2. The molecule has 4 heteroatoms. The number of carbonyl (C=O) groups excluding carboxylic acids is 1. The van der Waals surface area contributed by atoms with Crippen molar-refractivity contribution in [3.8, 4) is 0 Å². The highest BCUT2D eigenvalue weighted by Crippen LogP contribution is 2.68. The second kappa shape index (κ2) is 7.82. The lowest BCUT2D eigenvalue weighted by Crippen LogP contribution is -2.58. The van der Waals surface area contributed by atoms with E-state index in [1.165, 1.54) is 32.8 Å². The molecular weight excluding hydrogens is 364 g/mol. The minimum atomic E-state index is -0.211. The zero-order chi connectivity index (χ0) is 21.0. The van der Waals surface area contributed by atoms with Gasteiger partial charge in [-0.05, 0) is 104 Å². The Morgan fingerprint density at radius 2 is 1.72 bits per heavy atom. The van der Waals surface area contributed by atoms with Crippen LogP contribution in [0.1, 0.15) is 85.0 Å². The van der Waals surface area contributed by atoms with E-state index in [2.05, 4.69) is 20.8 Å². The van der Waals surface area contributed by atoms with Crippen LogP contribution in [-0.2, 0) is 9.53 Å². The van der Waals surface area contributed by atoms with Gasteiger partial charge < -0.3 is 14.9 Å². The molecule has 4 aliphatic rings. The molecule has 4 saturated carbocycles. The van der Waals surface area contributed by atoms with Gasteiger partial charge in [-0.15, -0.1) is 0 Å². The van der Waals surface area contributed by atoms with Crippen molar-refractivity contribution in [1.82, 2.24) is 0 Å². The highest BCUT2D eigenvalue weighted by Gasteiger charge is 2.62. The third-order valence-corrected chi connectivity index (χ3v) is 10.4. The summed E-state index contributed by atoms with van der Waals surface area (Å²) in [6.07, 6.45) is 9.80. The molecule has 0 amide bonds. The first-order valence-electron chi connectivity index (χ1n) is 12.1. The number of methoxy groups -OCH3 is 1. The highest BCUT2D eigenvalue weighted by atomic mass is 16.5. The molecule has 2 N–H and O–H groups in total. The molecule has 0 aromatic heterocycles. The van der Waals surface area contributed by atoms with Gasteiger partial charge in [-0.25, -0.2) is 0 Å². The van der Waals surface area contributed by atoms with Gasteiger partial charge >= 0.3 is 5.97 Å². The van der Waals surface area contributed by atoms with E-state index < -0.39 is 0 Å². The number of esters is 1. The SMILES string of the molecule is COC(=O)CC[C@H](C)[C@@H]1CC[C@H]2[C@@H]3[C@H](O)C[C@H]4C[C@@H](O)CC[C@]4(C)[C@H]3CC[C@@]21C. The van der Waals surface area contributed by atoms with Crippen LogP contribution >= 0.6 is 0 Å². The standard InChI is InChI=1S/C25H42O4/c1-15(5-8-22(28)29-4)18-6-7-19-23-20(10-12-25(18,19)3)24(2)11-9-17(26)13-16(24)14-21(23)27/h15-21,23,26-27H,5-14H2,1-4H3/t15-,16+,17-,18-,19-,20-,21+,23-,24-,25+/m0/s1. The quantitative estimate of drug-likeness (QED) is 0.671. The third kappa shape index (κ3) is 3.46. The predicted molar refractivity (Wildman–Crippen MR) is 113 cm³/mol. The molecule has 29 heavy (non-hydrogen) atoms. The smallest absolute Gasteiger partial charge is 0.305 e. The van der Waals surface area contributed by atoms with Crippen molar-refractivity contribution in [3.05, 3.63) is 0 Å². The van der Waals surface area contributed by atoms with E-state index in [1.807, 2.05) is 0 Å². The lowest BCUT2D eigenvalue weighted by atomic mass is 9.43. The van der Waals surface area contributed by atoms with Gasteiger partial charge in [0.1, 0.15) is 0 Å². The van der Waals surface area contributed by atoms with Crippen LogP contribution in [-0.4, -0.2) is 35.5 Å². The van der Waals surface area contributed by atoms with Crippen molar-refractivity contribution >= 4 is 5.97 Å². The first kappa shape index (κ1) is 21.6. The Morgan fingerprint density at radius 1 is 1.03 bits per heavy atom. The van der Waals surface area contributed by atoms with E-state index in [1.54, 1.807) is 0 Å². The van der Waals surface area contributed by atoms with Crippen LogP contribution in [0.3, 0.4) is 0 Å². The fourth-order valence-corrected chi connectivity index (χ4v) is 8.82. The fraction of sp³-hybridized carbons (Fsp3) is 0.960. The molecule has 0 unspecified atom stereocenters. The third-order valence-electron chi connectivity index (χ3n) is 10.4. The molecule has 0 spiro atoms. The number of aliphatic hydroxyl groups is 2. The number of rotatable bonds is 4. The van der Waals surface area contributed by atoms with E-state index in [0.29, 0.717) is 47.3 Å². The van der Waals surface area contributed by atoms with Gasteiger partial charge in [0.25, 0.3) is 0 Å². The molecule has 4 rings (SSSR count). The maximum Gasteiger partial charge on any atom is 0.305 e. The Bertz CT molecular complexity index is 620. The molecule has 0 bridgehead atoms. The topological polar surface area (TPSA) is 66.8 Å². The summed E-state index contributed by atoms with van der Waals surface area (Å²) in [5, 5.41) is 21.5. The van der Waals surface area contributed by atoms with Crippen molar-refractivity contribution in [2.24, 2.45) is 46.3 Å². The van der Waals surface area contributed by atoms with E-state index >= 15 is 0 Å². The molecule has 4 fully saturated rings. The molecule has 0 aromatic carbocycles. The average Bonchev–Trinajstić information content (AvgIpc) is 3.04. The van der Waals surface area contributed by atoms with Gasteiger partial charge in [0, 0.05) is 6.42 Å². The first-order valence-corrected chi connectivity index (χ1v) is 12.1. The van der Waals surface area contributed by atoms with E-state index in [-0.39, 0.29) is 23.6 Å². The summed E-state index contributed by atoms with van der Waals surface area (Å²) in [4.78, 5) is 11.6. The Morgan fingerprint density at radius 3 is 2.45 bits per heavy atom. The Labute approximate surface area is 176 Å². The van der Waals surface area contributed by atoms with E-state index in [4.69, 9.17) is 4.74 Å². The van der Waals surface area contributed by atoms with Crippen molar-refractivity contribution in [2.75, 3.05) is 7.11 Å². The zero-order valence-corrected chi connectivity index (χ0v) is 18.9. The second-order valence-corrected chi connectivity index (χ2v) is 11.5. The summed E-state index contributed by atoms with van der Waals surface area (Å²) in [5.74, 6) is 3.17. The maximum atomic E-state index is 11.6. The molecule has 0 aliphatic heterocycles. The minimum Gasteiger partial charge on any atom is -0.469 e. The lowest BCUT2D eigenvalue weighted by molar-refractivity contribution is -0.174. The van der Waals surface area contributed by atoms with Crippen LogP contribution in [0.2, 0.25) is 0 Å². The largest absolute Gasteiger partial charge is 0.469 e. The van der Waals surface area contributed by atoms with Gasteiger partial charge in [0.15, 0.2) is 0 Å². The normalized spacial score (nSPS) is 50.2. The molecule has 10 atom stereocenters. The van der Waals surface area contributed by atoms with Crippen LogP contribution in [0.5, 0.6) is 0 Å². The van der Waals surface area contributed by atoms with Crippen molar-refractivity contribution < 1.29 is 19.7 Å². The zero-order valence-electron chi connectivity index (χ0n) is 18.9.